The SMILES string of the molecule is CCCN(CC(=O)Nc1ccc(F)c(F)c1F)C(=O)c1cccc(COC)c1. The number of hydrogen-bond donors (Lipinski definition) is 1. The number of halogens is 3. The van der Waals surface area contributed by atoms with Gasteiger partial charge in [-0.1, -0.05) is 19.1 Å². The van der Waals surface area contributed by atoms with Crippen molar-refractivity contribution in [3.05, 3.63) is 65.0 Å². The summed E-state index contributed by atoms with van der Waals surface area (Å²) in [7, 11) is 1.54. The number of methoxy groups -OCH3 is 1. The number of carbonyl (C=O) groups excluding carboxylic acids is 2. The number of amides is 2. The summed E-state index contributed by atoms with van der Waals surface area (Å²) in [6, 6.07) is 8.44. The topological polar surface area (TPSA) is 58.6 Å². The molecule has 0 aliphatic rings. The van der Waals surface area contributed by atoms with E-state index in [2.05, 4.69) is 5.32 Å². The van der Waals surface area contributed by atoms with Gasteiger partial charge in [-0.3, -0.25) is 9.59 Å². The van der Waals surface area contributed by atoms with Gasteiger partial charge >= 0.3 is 0 Å². The van der Waals surface area contributed by atoms with E-state index in [0.29, 0.717) is 31.2 Å². The van der Waals surface area contributed by atoms with Crippen LogP contribution in [0.1, 0.15) is 29.3 Å². The highest BCUT2D eigenvalue weighted by molar-refractivity contribution is 5.99. The van der Waals surface area contributed by atoms with Crippen LogP contribution in [0.15, 0.2) is 36.4 Å². The molecule has 28 heavy (non-hydrogen) atoms. The van der Waals surface area contributed by atoms with E-state index in [-0.39, 0.29) is 12.5 Å². The van der Waals surface area contributed by atoms with E-state index in [0.717, 1.165) is 11.6 Å². The molecule has 0 heterocycles. The third-order valence-electron chi connectivity index (χ3n) is 3.91. The highest BCUT2D eigenvalue weighted by Gasteiger charge is 2.20. The predicted molar refractivity (Wildman–Crippen MR) is 98.3 cm³/mol. The molecule has 0 fully saturated rings. The molecule has 0 saturated carbocycles. The maximum absolute atomic E-state index is 13.7. The van der Waals surface area contributed by atoms with Gasteiger partial charge in [-0.25, -0.2) is 13.2 Å². The Balaban J connectivity index is 2.13. The molecule has 0 bridgehead atoms. The van der Waals surface area contributed by atoms with Crippen LogP contribution < -0.4 is 5.32 Å². The predicted octanol–water partition coefficient (Wildman–Crippen LogP) is 3.74. The van der Waals surface area contributed by atoms with E-state index in [1.165, 1.54) is 4.90 Å². The van der Waals surface area contributed by atoms with Crippen LogP contribution in [-0.2, 0) is 16.1 Å². The van der Waals surface area contributed by atoms with Gasteiger partial charge in [0.1, 0.15) is 6.54 Å². The Morgan fingerprint density at radius 3 is 2.54 bits per heavy atom. The number of nitrogens with zero attached hydrogens (tertiary/aromatic N) is 1. The largest absolute Gasteiger partial charge is 0.380 e. The Morgan fingerprint density at radius 1 is 1.11 bits per heavy atom. The molecule has 0 saturated heterocycles. The summed E-state index contributed by atoms with van der Waals surface area (Å²) in [6.45, 7) is 2.11. The first kappa shape index (κ1) is 21.4. The van der Waals surface area contributed by atoms with Crippen molar-refractivity contribution in [3.63, 3.8) is 0 Å². The van der Waals surface area contributed by atoms with Crippen LogP contribution in [0.5, 0.6) is 0 Å². The second kappa shape index (κ2) is 9.89. The first-order valence-corrected chi connectivity index (χ1v) is 8.67. The Labute approximate surface area is 161 Å². The fourth-order valence-corrected chi connectivity index (χ4v) is 2.65. The second-order valence-corrected chi connectivity index (χ2v) is 6.13. The van der Waals surface area contributed by atoms with Crippen LogP contribution in [0.4, 0.5) is 18.9 Å². The zero-order chi connectivity index (χ0) is 20.7. The number of anilines is 1. The van der Waals surface area contributed by atoms with Crippen LogP contribution in [-0.4, -0.2) is 36.9 Å². The smallest absolute Gasteiger partial charge is 0.254 e. The zero-order valence-electron chi connectivity index (χ0n) is 15.6. The summed E-state index contributed by atoms with van der Waals surface area (Å²) < 4.78 is 45.1. The Hall–Kier alpha value is -2.87. The Morgan fingerprint density at radius 2 is 1.86 bits per heavy atom. The third kappa shape index (κ3) is 5.32. The summed E-state index contributed by atoms with van der Waals surface area (Å²) in [5, 5.41) is 2.17. The van der Waals surface area contributed by atoms with Gasteiger partial charge < -0.3 is 15.0 Å². The van der Waals surface area contributed by atoms with E-state index in [1.54, 1.807) is 25.3 Å². The van der Waals surface area contributed by atoms with Gasteiger partial charge in [0.2, 0.25) is 5.91 Å². The Kier molecular flexibility index (Phi) is 7.57. The zero-order valence-corrected chi connectivity index (χ0v) is 15.6. The maximum atomic E-state index is 13.7. The first-order valence-electron chi connectivity index (χ1n) is 8.67. The molecule has 1 N–H and O–H groups in total. The van der Waals surface area contributed by atoms with Crippen molar-refractivity contribution in [3.8, 4) is 0 Å². The van der Waals surface area contributed by atoms with Crippen molar-refractivity contribution in [2.24, 2.45) is 0 Å². The van der Waals surface area contributed by atoms with Crippen LogP contribution in [0.25, 0.3) is 0 Å². The van der Waals surface area contributed by atoms with Gasteiger partial charge in [-0.2, -0.15) is 0 Å². The lowest BCUT2D eigenvalue weighted by molar-refractivity contribution is -0.116. The average molecular weight is 394 g/mol. The molecule has 0 unspecified atom stereocenters. The summed E-state index contributed by atoms with van der Waals surface area (Å²) in [4.78, 5) is 26.3. The number of benzene rings is 2. The molecule has 2 aromatic rings. The number of carbonyl (C=O) groups is 2. The maximum Gasteiger partial charge on any atom is 0.254 e. The molecule has 0 aliphatic heterocycles. The highest BCUT2D eigenvalue weighted by atomic mass is 19.2. The van der Waals surface area contributed by atoms with Crippen molar-refractivity contribution in [2.45, 2.75) is 20.0 Å². The van der Waals surface area contributed by atoms with E-state index in [1.807, 2.05) is 13.0 Å². The van der Waals surface area contributed by atoms with E-state index >= 15 is 0 Å². The summed E-state index contributed by atoms with van der Waals surface area (Å²) in [5.41, 5.74) is 0.697. The van der Waals surface area contributed by atoms with Crippen LogP contribution in [0.3, 0.4) is 0 Å². The van der Waals surface area contributed by atoms with E-state index in [4.69, 9.17) is 4.74 Å². The van der Waals surface area contributed by atoms with Crippen molar-refractivity contribution in [1.29, 1.82) is 0 Å². The van der Waals surface area contributed by atoms with E-state index < -0.39 is 29.0 Å². The van der Waals surface area contributed by atoms with Gasteiger partial charge in [-0.15, -0.1) is 0 Å². The highest BCUT2D eigenvalue weighted by Crippen LogP contribution is 2.19. The van der Waals surface area contributed by atoms with Crippen LogP contribution in [0.2, 0.25) is 0 Å². The van der Waals surface area contributed by atoms with Gasteiger partial charge in [0.25, 0.3) is 5.91 Å². The molecular formula is C20H21F3N2O3. The van der Waals surface area contributed by atoms with Crippen LogP contribution in [0, 0.1) is 17.5 Å². The molecule has 0 atom stereocenters. The molecule has 2 aromatic carbocycles. The molecule has 150 valence electrons. The summed E-state index contributed by atoms with van der Waals surface area (Å²) in [5.74, 6) is -5.61. The lowest BCUT2D eigenvalue weighted by Crippen LogP contribution is -2.38. The quantitative estimate of drug-likeness (QED) is 0.694. The van der Waals surface area contributed by atoms with Crippen molar-refractivity contribution in [2.75, 3.05) is 25.5 Å². The number of nitrogens with one attached hydrogen (secondary N) is 1. The van der Waals surface area contributed by atoms with E-state index in [9.17, 15) is 22.8 Å². The average Bonchev–Trinajstić information content (AvgIpc) is 2.68. The monoisotopic (exact) mass is 394 g/mol. The molecule has 0 aromatic heterocycles. The lowest BCUT2D eigenvalue weighted by Gasteiger charge is -2.22. The normalized spacial score (nSPS) is 10.6. The van der Waals surface area contributed by atoms with Gasteiger partial charge in [-0.05, 0) is 36.2 Å². The van der Waals surface area contributed by atoms with Gasteiger partial charge in [0.15, 0.2) is 17.5 Å². The molecule has 2 amide bonds. The summed E-state index contributed by atoms with van der Waals surface area (Å²) >= 11 is 0. The number of ether oxygens (including phenoxy) is 1. The number of hydrogen-bond acceptors (Lipinski definition) is 3. The third-order valence-corrected chi connectivity index (χ3v) is 3.91. The minimum Gasteiger partial charge on any atom is -0.380 e. The van der Waals surface area contributed by atoms with Crippen molar-refractivity contribution >= 4 is 17.5 Å². The second-order valence-electron chi connectivity index (χ2n) is 6.13. The fraction of sp³-hybridized carbons (Fsp3) is 0.300. The molecule has 0 aliphatic carbocycles. The molecule has 2 rings (SSSR count). The molecule has 8 heteroatoms. The summed E-state index contributed by atoms with van der Waals surface area (Å²) in [6.07, 6.45) is 0.594. The standard InChI is InChI=1S/C20H21F3N2O3/c1-3-9-25(20(27)14-6-4-5-13(10-14)12-28-2)11-17(26)24-16-8-7-15(21)18(22)19(16)23/h4-8,10H,3,9,11-12H2,1-2H3,(H,24,26). The van der Waals surface area contributed by atoms with Gasteiger partial charge in [0, 0.05) is 19.2 Å². The van der Waals surface area contributed by atoms with Crippen LogP contribution >= 0.6 is 0 Å². The number of rotatable bonds is 8. The molecule has 0 spiro atoms. The van der Waals surface area contributed by atoms with Gasteiger partial charge in [0.05, 0.1) is 12.3 Å². The van der Waals surface area contributed by atoms with Crippen molar-refractivity contribution < 1.29 is 27.5 Å². The lowest BCUT2D eigenvalue weighted by atomic mass is 10.1. The Bertz CT molecular complexity index is 859. The minimum absolute atomic E-state index is 0.293. The minimum atomic E-state index is -1.67. The molecule has 5 nitrogen and oxygen atoms in total. The first-order chi connectivity index (χ1) is 13.4. The fourth-order valence-electron chi connectivity index (χ4n) is 2.65. The molecule has 0 radical (unpaired) electrons. The molecular weight excluding hydrogens is 373 g/mol. The van der Waals surface area contributed by atoms with Crippen molar-refractivity contribution in [1.82, 2.24) is 4.90 Å².